The van der Waals surface area contributed by atoms with Crippen molar-refractivity contribution in [2.45, 2.75) is 0 Å². The molecule has 2 aromatic heterocycles. The van der Waals surface area contributed by atoms with Crippen LogP contribution in [0.1, 0.15) is 0 Å². The number of anilines is 1. The predicted molar refractivity (Wildman–Crippen MR) is 46.2 cm³/mol. The topological polar surface area (TPSA) is 85.3 Å². The molecule has 0 radical (unpaired) electrons. The molecule has 0 aliphatic heterocycles. The third kappa shape index (κ3) is 1.41. The van der Waals surface area contributed by atoms with Crippen molar-refractivity contribution in [3.05, 3.63) is 24.4 Å². The van der Waals surface area contributed by atoms with E-state index in [-0.39, 0.29) is 5.95 Å². The van der Waals surface area contributed by atoms with Crippen molar-refractivity contribution in [3.63, 3.8) is 0 Å². The molecule has 2 rings (SSSR count). The lowest BCUT2D eigenvalue weighted by molar-refractivity contribution is 0.259. The van der Waals surface area contributed by atoms with E-state index in [2.05, 4.69) is 15.4 Å². The zero-order chi connectivity index (χ0) is 9.26. The molecule has 2 heterocycles. The molecular formula is C7H7N5O. The highest BCUT2D eigenvalue weighted by atomic mass is 16.2. The smallest absolute Gasteiger partial charge is 0.319 e. The Hall–Kier alpha value is -2.11. The first-order valence-corrected chi connectivity index (χ1v) is 3.63. The van der Waals surface area contributed by atoms with E-state index < -0.39 is 6.03 Å². The third-order valence-electron chi connectivity index (χ3n) is 1.48. The van der Waals surface area contributed by atoms with Crippen LogP contribution in [-0.2, 0) is 0 Å². The number of pyridine rings is 1. The van der Waals surface area contributed by atoms with Gasteiger partial charge in [-0.3, -0.25) is 5.32 Å². The predicted octanol–water partition coefficient (Wildman–Crippen LogP) is 0.220. The van der Waals surface area contributed by atoms with Gasteiger partial charge in [0.05, 0.1) is 0 Å². The summed E-state index contributed by atoms with van der Waals surface area (Å²) in [7, 11) is 0. The molecule has 0 aromatic carbocycles. The highest BCUT2D eigenvalue weighted by Gasteiger charge is 2.02. The minimum absolute atomic E-state index is 0.207. The van der Waals surface area contributed by atoms with E-state index in [0.717, 1.165) is 0 Å². The largest absolute Gasteiger partial charge is 0.351 e. The van der Waals surface area contributed by atoms with Gasteiger partial charge >= 0.3 is 6.03 Å². The molecule has 0 unspecified atom stereocenters. The zero-order valence-electron chi connectivity index (χ0n) is 6.64. The number of fused-ring (bicyclic) bond motifs is 1. The van der Waals surface area contributed by atoms with Gasteiger partial charge in [0.15, 0.2) is 5.65 Å². The van der Waals surface area contributed by atoms with Gasteiger partial charge in [-0.2, -0.15) is 4.98 Å². The van der Waals surface area contributed by atoms with Crippen LogP contribution < -0.4 is 11.1 Å². The summed E-state index contributed by atoms with van der Waals surface area (Å²) < 4.78 is 1.55. The summed E-state index contributed by atoms with van der Waals surface area (Å²) in [6, 6.07) is 4.75. The van der Waals surface area contributed by atoms with Gasteiger partial charge in [-0.05, 0) is 12.1 Å². The molecule has 0 fully saturated rings. The van der Waals surface area contributed by atoms with Crippen LogP contribution in [0.15, 0.2) is 24.4 Å². The van der Waals surface area contributed by atoms with E-state index in [1.54, 1.807) is 16.8 Å². The number of primary amides is 1. The minimum atomic E-state index is -0.670. The number of nitrogens with two attached hydrogens (primary N) is 1. The number of carbonyl (C=O) groups is 1. The Balaban J connectivity index is 2.44. The summed E-state index contributed by atoms with van der Waals surface area (Å²) in [6.07, 6.45) is 1.73. The molecule has 3 N–H and O–H groups in total. The first-order chi connectivity index (χ1) is 6.25. The van der Waals surface area contributed by atoms with E-state index >= 15 is 0 Å². The number of hydrogen-bond donors (Lipinski definition) is 2. The minimum Gasteiger partial charge on any atom is -0.351 e. The van der Waals surface area contributed by atoms with Crippen LogP contribution in [-0.4, -0.2) is 20.6 Å². The molecule has 0 spiro atoms. The van der Waals surface area contributed by atoms with E-state index in [1.165, 1.54) is 0 Å². The van der Waals surface area contributed by atoms with Gasteiger partial charge in [0.25, 0.3) is 5.95 Å². The first-order valence-electron chi connectivity index (χ1n) is 3.63. The van der Waals surface area contributed by atoms with Gasteiger partial charge in [-0.25, -0.2) is 9.31 Å². The fourth-order valence-corrected chi connectivity index (χ4v) is 0.995. The fourth-order valence-electron chi connectivity index (χ4n) is 0.995. The molecule has 0 saturated carbocycles. The van der Waals surface area contributed by atoms with Crippen LogP contribution >= 0.6 is 0 Å². The van der Waals surface area contributed by atoms with Gasteiger partial charge in [-0.15, -0.1) is 5.10 Å². The first kappa shape index (κ1) is 7.53. The van der Waals surface area contributed by atoms with Gasteiger partial charge in [0.2, 0.25) is 0 Å². The van der Waals surface area contributed by atoms with E-state index in [4.69, 9.17) is 5.73 Å². The summed E-state index contributed by atoms with van der Waals surface area (Å²) in [4.78, 5) is 14.5. The van der Waals surface area contributed by atoms with Crippen molar-refractivity contribution in [1.82, 2.24) is 14.6 Å². The standard InChI is InChI=1S/C7H7N5O/c8-6(13)10-7-9-5-3-1-2-4-12(5)11-7/h1-4H,(H3,8,10,11,13). The zero-order valence-corrected chi connectivity index (χ0v) is 6.64. The Morgan fingerprint density at radius 1 is 1.54 bits per heavy atom. The molecule has 0 aliphatic carbocycles. The molecule has 6 heteroatoms. The van der Waals surface area contributed by atoms with Crippen molar-refractivity contribution in [2.24, 2.45) is 5.73 Å². The van der Waals surface area contributed by atoms with Crippen molar-refractivity contribution >= 4 is 17.6 Å². The van der Waals surface area contributed by atoms with Crippen molar-refractivity contribution in [3.8, 4) is 0 Å². The lowest BCUT2D eigenvalue weighted by atomic mass is 10.5. The Labute approximate surface area is 73.4 Å². The molecule has 0 aliphatic rings. The fraction of sp³-hybridized carbons (Fsp3) is 0. The summed E-state index contributed by atoms with van der Waals surface area (Å²) in [6.45, 7) is 0. The third-order valence-corrected chi connectivity index (χ3v) is 1.48. The summed E-state index contributed by atoms with van der Waals surface area (Å²) >= 11 is 0. The molecule has 6 nitrogen and oxygen atoms in total. The van der Waals surface area contributed by atoms with Crippen molar-refractivity contribution in [1.29, 1.82) is 0 Å². The number of aromatic nitrogens is 3. The summed E-state index contributed by atoms with van der Waals surface area (Å²) in [5.41, 5.74) is 5.57. The highest BCUT2D eigenvalue weighted by molar-refractivity contribution is 5.85. The second-order valence-corrected chi connectivity index (χ2v) is 2.43. The monoisotopic (exact) mass is 177 g/mol. The molecule has 0 saturated heterocycles. The number of hydrogen-bond acceptors (Lipinski definition) is 3. The summed E-state index contributed by atoms with van der Waals surface area (Å²) in [5, 5.41) is 6.24. The van der Waals surface area contributed by atoms with Gasteiger partial charge in [-0.1, -0.05) is 6.07 Å². The van der Waals surface area contributed by atoms with E-state index in [1.807, 2.05) is 12.1 Å². The van der Waals surface area contributed by atoms with Crippen molar-refractivity contribution in [2.75, 3.05) is 5.32 Å². The number of amides is 2. The quantitative estimate of drug-likeness (QED) is 0.653. The maximum Gasteiger partial charge on any atom is 0.319 e. The van der Waals surface area contributed by atoms with Gasteiger partial charge < -0.3 is 5.73 Å². The van der Waals surface area contributed by atoms with Gasteiger partial charge in [0.1, 0.15) is 0 Å². The molecule has 2 aromatic rings. The normalized spacial score (nSPS) is 10.2. The molecular weight excluding hydrogens is 170 g/mol. The Morgan fingerprint density at radius 3 is 3.08 bits per heavy atom. The second kappa shape index (κ2) is 2.74. The molecule has 66 valence electrons. The Morgan fingerprint density at radius 2 is 2.38 bits per heavy atom. The van der Waals surface area contributed by atoms with E-state index in [0.29, 0.717) is 5.65 Å². The van der Waals surface area contributed by atoms with E-state index in [9.17, 15) is 4.79 Å². The van der Waals surface area contributed by atoms with Crippen LogP contribution in [0.4, 0.5) is 10.7 Å². The number of nitrogens with one attached hydrogen (secondary N) is 1. The maximum atomic E-state index is 10.5. The highest BCUT2D eigenvalue weighted by Crippen LogP contribution is 2.03. The van der Waals surface area contributed by atoms with Crippen molar-refractivity contribution < 1.29 is 4.79 Å². The van der Waals surface area contributed by atoms with Crippen LogP contribution in [0.2, 0.25) is 0 Å². The van der Waals surface area contributed by atoms with Gasteiger partial charge in [0, 0.05) is 6.20 Å². The van der Waals surface area contributed by atoms with Crippen LogP contribution in [0.5, 0.6) is 0 Å². The maximum absolute atomic E-state index is 10.5. The Kier molecular flexibility index (Phi) is 1.59. The average molecular weight is 177 g/mol. The molecule has 0 bridgehead atoms. The SMILES string of the molecule is NC(=O)Nc1nc2ccccn2n1. The lowest BCUT2D eigenvalue weighted by Gasteiger charge is -1.89. The number of nitrogens with zero attached hydrogens (tertiary/aromatic N) is 3. The molecule has 0 atom stereocenters. The number of urea groups is 1. The molecule has 2 amide bonds. The number of carbonyl (C=O) groups excluding carboxylic acids is 1. The summed E-state index contributed by atoms with van der Waals surface area (Å²) in [5.74, 6) is 0.207. The second-order valence-electron chi connectivity index (χ2n) is 2.43. The number of rotatable bonds is 1. The lowest BCUT2D eigenvalue weighted by Crippen LogP contribution is -2.20. The van der Waals surface area contributed by atoms with Crippen LogP contribution in [0, 0.1) is 0 Å². The molecule has 13 heavy (non-hydrogen) atoms. The van der Waals surface area contributed by atoms with Crippen LogP contribution in [0.3, 0.4) is 0 Å². The average Bonchev–Trinajstić information content (AvgIpc) is 2.44. The van der Waals surface area contributed by atoms with Crippen LogP contribution in [0.25, 0.3) is 5.65 Å². The Bertz CT molecular complexity index is 416.